The molecule has 0 aromatic carbocycles. The van der Waals surface area contributed by atoms with Gasteiger partial charge in [0.15, 0.2) is 35.8 Å². The van der Waals surface area contributed by atoms with Crippen LogP contribution in [0.4, 0.5) is 4.79 Å². The second-order valence-corrected chi connectivity index (χ2v) is 40.0. The Morgan fingerprint density at radius 2 is 0.679 bits per heavy atom. The number of likely N-dealkylation sites (N-methyl/N-ethyl adjacent to an activating group) is 1. The Hall–Kier alpha value is -8.77. The standard InChI is InChI=1S/C74H150N33O21P3/c1-49-40-104(43-52(126-49)46-124-130(118,101(7)8)106-41-51(3)128-54(45-106)48-125-131(119,102(9)10)107-42-50(2)127-53(44-107)47-123-129(117,100(5)6)105-31-29-103(30-32-105)74(116)122-38-37-121-36-35-120-34-33-108)61(109)39-94-62(110)56(18-12-24-89-69(77)78)95-64(112)58(20-14-26-91-71(81)82)97-66(114)60(22-16-28-93-73(85)86)99-67(115)59(21-15-27-92-72(83)84)98-65(113)57(19-13-25-90-70(79)80)96-63(111)55(87-4)17-11-23-88-68(75)76/h49-60,87,108H,11-48H2,1-10H3,(H,94,110)(H,95,112)(H,96,111)(H,97,114)(H,98,113)(H,99,115)(H4,75,76,88)(H4,77,78,89)(H4,79,80,90)(H4,81,82,91)(H4,83,84,92)(H4,85,86,93). The molecule has 0 aliphatic carbocycles. The number of nitrogens with one attached hydrogen (secondary N) is 7. The molecule has 4 saturated heterocycles. The Balaban J connectivity index is 1.50. The van der Waals surface area contributed by atoms with E-state index in [1.807, 2.05) is 6.92 Å². The molecule has 4 heterocycles. The van der Waals surface area contributed by atoms with E-state index in [1.165, 1.54) is 23.8 Å². The number of aliphatic imine (C=N–C) groups is 6. The van der Waals surface area contributed by atoms with Crippen LogP contribution in [-0.2, 0) is 89.2 Å². The van der Waals surface area contributed by atoms with Crippen molar-refractivity contribution in [2.75, 3.05) is 220 Å². The van der Waals surface area contributed by atoms with Crippen LogP contribution in [0.5, 0.6) is 0 Å². The Kier molecular flexibility index (Phi) is 52.3. The molecule has 0 aromatic heterocycles. The van der Waals surface area contributed by atoms with Crippen LogP contribution in [0.1, 0.15) is 97.8 Å². The monoisotopic (exact) mass is 1930 g/mol. The lowest BCUT2D eigenvalue weighted by Crippen LogP contribution is -2.59. The number of morpholine rings is 3. The third-order valence-corrected chi connectivity index (χ3v) is 28.3. The van der Waals surface area contributed by atoms with Crippen molar-refractivity contribution in [2.45, 2.75) is 171 Å². The number of guanidine groups is 6. The number of hydrogen-bond acceptors (Lipinski definition) is 28. The number of rotatable bonds is 61. The summed E-state index contributed by atoms with van der Waals surface area (Å²) < 4.78 is 109. The van der Waals surface area contributed by atoms with E-state index < -0.39 is 150 Å². The maximum absolute atomic E-state index is 15.4. The zero-order chi connectivity index (χ0) is 97.6. The second kappa shape index (κ2) is 59.8. The van der Waals surface area contributed by atoms with Crippen molar-refractivity contribution in [1.82, 2.24) is 75.0 Å². The lowest BCUT2D eigenvalue weighted by molar-refractivity contribution is -0.147. The van der Waals surface area contributed by atoms with E-state index >= 15 is 9.13 Å². The summed E-state index contributed by atoms with van der Waals surface area (Å²) in [7, 11) is -0.312. The van der Waals surface area contributed by atoms with E-state index in [4.69, 9.17) is 116 Å². The number of piperazine rings is 1. The van der Waals surface area contributed by atoms with Gasteiger partial charge in [0.1, 0.15) is 36.8 Å². The van der Waals surface area contributed by atoms with Gasteiger partial charge in [-0.25, -0.2) is 32.8 Å². The van der Waals surface area contributed by atoms with Gasteiger partial charge in [0, 0.05) is 105 Å². The first kappa shape index (κ1) is 115. The quantitative estimate of drug-likeness (QED) is 0.0116. The summed E-state index contributed by atoms with van der Waals surface area (Å²) in [4.78, 5) is 141. The SMILES string of the molecule is CNC(CCCN=C(N)N)C(=O)NC(CCCN=C(N)N)C(=O)NC(CCCN=C(N)N)C(=O)NC(CCCN=C(N)N)C(=O)NC(CCCN=C(N)N)C(=O)NC(CCCN=C(N)N)C(=O)NCC(=O)N1CC(C)OC(COP(=O)(N(C)C)N2CC(C)OC(COP(=O)(N(C)C)N3CC(C)OC(COP(=O)(N(C)C)N4CCN(C(=O)OCCOCCOCCO)CC4)C3)C2)C1. The highest BCUT2D eigenvalue weighted by Crippen LogP contribution is 2.57. The van der Waals surface area contributed by atoms with Crippen LogP contribution in [0.2, 0.25) is 0 Å². The number of nitrogens with two attached hydrogens (primary N) is 12. The van der Waals surface area contributed by atoms with Crippen molar-refractivity contribution in [3.05, 3.63) is 0 Å². The summed E-state index contributed by atoms with van der Waals surface area (Å²) in [5.41, 5.74) is 67.3. The summed E-state index contributed by atoms with van der Waals surface area (Å²) in [5, 5.41) is 28.0. The van der Waals surface area contributed by atoms with Gasteiger partial charge in [0.05, 0.1) is 102 Å². The molecule has 752 valence electrons. The van der Waals surface area contributed by atoms with E-state index in [-0.39, 0.29) is 264 Å². The number of carbonyl (C=O) groups excluding carboxylic acids is 8. The first-order valence-electron chi connectivity index (χ1n) is 43.7. The van der Waals surface area contributed by atoms with Gasteiger partial charge in [0.25, 0.3) is 0 Å². The lowest BCUT2D eigenvalue weighted by Gasteiger charge is -2.45. The van der Waals surface area contributed by atoms with E-state index in [0.29, 0.717) is 13.0 Å². The van der Waals surface area contributed by atoms with Gasteiger partial charge in [-0.2, -0.15) is 0 Å². The fourth-order valence-corrected chi connectivity index (χ4v) is 20.3. The molecule has 0 saturated carbocycles. The number of ether oxygens (including phenoxy) is 6. The maximum Gasteiger partial charge on any atom is 0.409 e. The van der Waals surface area contributed by atoms with Gasteiger partial charge in [-0.15, -0.1) is 0 Å². The predicted octanol–water partition coefficient (Wildman–Crippen LogP) is -7.93. The fourth-order valence-electron chi connectivity index (χ4n) is 14.2. The molecule has 0 spiro atoms. The van der Waals surface area contributed by atoms with Crippen molar-refractivity contribution in [3.63, 3.8) is 0 Å². The molecule has 57 heteroatoms. The number of hydrogen-bond donors (Lipinski definition) is 20. The number of amides is 8. The minimum Gasteiger partial charge on any atom is -0.447 e. The van der Waals surface area contributed by atoms with Gasteiger partial charge in [-0.05, 0) is 147 Å². The number of aliphatic hydroxyl groups excluding tert-OH is 1. The van der Waals surface area contributed by atoms with Gasteiger partial charge >= 0.3 is 29.1 Å². The lowest BCUT2D eigenvalue weighted by atomic mass is 10.0. The smallest absolute Gasteiger partial charge is 0.409 e. The average Bonchev–Trinajstić information content (AvgIpc) is 0.795. The molecule has 54 nitrogen and oxygen atoms in total. The van der Waals surface area contributed by atoms with Crippen molar-refractivity contribution in [2.24, 2.45) is 98.8 Å². The molecule has 8 amide bonds. The maximum atomic E-state index is 15.4. The van der Waals surface area contributed by atoms with Crippen molar-refractivity contribution >= 4 is 106 Å². The highest BCUT2D eigenvalue weighted by molar-refractivity contribution is 7.54. The minimum atomic E-state index is -3.97. The Morgan fingerprint density at radius 3 is 1.00 bits per heavy atom. The highest BCUT2D eigenvalue weighted by Gasteiger charge is 2.47. The van der Waals surface area contributed by atoms with Crippen molar-refractivity contribution in [1.29, 1.82) is 0 Å². The molecular formula is C74H150N33O21P3. The van der Waals surface area contributed by atoms with Crippen LogP contribution in [0.3, 0.4) is 0 Å². The molecule has 15 unspecified atom stereocenters. The summed E-state index contributed by atoms with van der Waals surface area (Å²) in [6, 6.07) is -7.94. The van der Waals surface area contributed by atoms with E-state index in [9.17, 15) is 42.9 Å². The van der Waals surface area contributed by atoms with Crippen molar-refractivity contribution < 1.29 is 99.2 Å². The molecule has 0 radical (unpaired) electrons. The third-order valence-electron chi connectivity index (χ3n) is 20.7. The molecule has 0 bridgehead atoms. The van der Waals surface area contributed by atoms with Crippen LogP contribution in [-0.4, -0.2) is 419 Å². The second-order valence-electron chi connectivity index (χ2n) is 32.2. The summed E-state index contributed by atoms with van der Waals surface area (Å²) >= 11 is 0. The fraction of sp³-hybridized carbons (Fsp3) is 0.811. The molecular weight excluding hydrogens is 1780 g/mol. The molecule has 4 rings (SSSR count). The normalized spacial score (nSPS) is 20.8. The zero-order valence-corrected chi connectivity index (χ0v) is 80.1. The molecule has 4 aliphatic rings. The molecule has 131 heavy (non-hydrogen) atoms. The zero-order valence-electron chi connectivity index (χ0n) is 77.4. The van der Waals surface area contributed by atoms with Gasteiger partial charge in [-0.1, -0.05) is 0 Å². The third kappa shape index (κ3) is 42.1. The predicted molar refractivity (Wildman–Crippen MR) is 493 cm³/mol. The summed E-state index contributed by atoms with van der Waals surface area (Å²) in [5.74, 6) is -6.90. The number of nitrogens with zero attached hydrogens (tertiary/aromatic N) is 14. The Labute approximate surface area is 766 Å². The number of aliphatic hydroxyl groups is 1. The Bertz CT molecular complexity index is 3870. The van der Waals surface area contributed by atoms with Gasteiger partial charge in [0.2, 0.25) is 41.4 Å². The molecule has 4 aliphatic heterocycles. The summed E-state index contributed by atoms with van der Waals surface area (Å²) in [6.45, 7) is 6.32. The van der Waals surface area contributed by atoms with E-state index in [1.54, 1.807) is 77.2 Å². The van der Waals surface area contributed by atoms with E-state index in [0.717, 1.165) is 0 Å². The average molecular weight is 1930 g/mol. The van der Waals surface area contributed by atoms with Crippen LogP contribution < -0.4 is 106 Å². The van der Waals surface area contributed by atoms with Gasteiger partial charge < -0.3 is 163 Å². The molecule has 4 fully saturated rings. The van der Waals surface area contributed by atoms with Crippen molar-refractivity contribution in [3.8, 4) is 0 Å². The largest absolute Gasteiger partial charge is 0.447 e. The minimum absolute atomic E-state index is 0.00292. The van der Waals surface area contributed by atoms with E-state index in [2.05, 4.69) is 67.2 Å². The number of carbonyl (C=O) groups is 8. The summed E-state index contributed by atoms with van der Waals surface area (Å²) in [6.07, 6.45) is -3.98. The first-order chi connectivity index (χ1) is 61.9. The Morgan fingerprint density at radius 1 is 0.389 bits per heavy atom. The topological polar surface area (TPSA) is 788 Å². The molecule has 15 atom stereocenters. The van der Waals surface area contributed by atoms with Crippen LogP contribution in [0.25, 0.3) is 0 Å². The van der Waals surface area contributed by atoms with Crippen LogP contribution >= 0.6 is 23.0 Å². The highest BCUT2D eigenvalue weighted by atomic mass is 31.2. The van der Waals surface area contributed by atoms with Crippen LogP contribution in [0, 0.1) is 0 Å². The first-order valence-corrected chi connectivity index (χ1v) is 48.3. The van der Waals surface area contributed by atoms with Gasteiger partial charge in [-0.3, -0.25) is 77.2 Å². The van der Waals surface area contributed by atoms with Crippen LogP contribution in [0.15, 0.2) is 30.0 Å². The molecule has 0 aromatic rings. The molecule has 32 N–H and O–H groups in total.